The zero-order chi connectivity index (χ0) is 25.0. The van der Waals surface area contributed by atoms with E-state index >= 15 is 0 Å². The largest absolute Gasteiger partial charge is 0.493 e. The minimum absolute atomic E-state index is 0.0162. The number of carbonyl (C=O) groups is 2. The summed E-state index contributed by atoms with van der Waals surface area (Å²) >= 11 is 0. The molecule has 1 saturated heterocycles. The van der Waals surface area contributed by atoms with Gasteiger partial charge in [0.15, 0.2) is 23.0 Å². The number of amides is 3. The first-order valence-electron chi connectivity index (χ1n) is 11.7. The van der Waals surface area contributed by atoms with Crippen molar-refractivity contribution in [2.24, 2.45) is 0 Å². The maximum Gasteiger partial charge on any atom is 0.317 e. The van der Waals surface area contributed by atoms with Crippen molar-refractivity contribution in [3.63, 3.8) is 0 Å². The molecule has 9 nitrogen and oxygen atoms in total. The number of carbonyl (C=O) groups excluding carboxylic acids is 2. The molecular weight excluding hydrogens is 450 g/mol. The van der Waals surface area contributed by atoms with Gasteiger partial charge in [0.2, 0.25) is 5.91 Å². The van der Waals surface area contributed by atoms with Crippen LogP contribution in [0.25, 0.3) is 0 Å². The number of rotatable bonds is 7. The number of ether oxygens (including phenoxy) is 4. The Kier molecular flexibility index (Phi) is 7.23. The molecule has 188 valence electrons. The fourth-order valence-corrected chi connectivity index (χ4v) is 5.01. The van der Waals surface area contributed by atoms with Gasteiger partial charge in [-0.15, -0.1) is 0 Å². The molecular formula is C26H33N3O6. The average molecular weight is 484 g/mol. The molecule has 35 heavy (non-hydrogen) atoms. The molecule has 2 aromatic carbocycles. The van der Waals surface area contributed by atoms with Crippen molar-refractivity contribution in [2.45, 2.75) is 31.2 Å². The number of hydrogen-bond acceptors (Lipinski definition) is 6. The second-order valence-electron chi connectivity index (χ2n) is 8.83. The first kappa shape index (κ1) is 24.5. The summed E-state index contributed by atoms with van der Waals surface area (Å²) in [6.45, 7) is 1.58. The van der Waals surface area contributed by atoms with E-state index in [1.807, 2.05) is 30.3 Å². The van der Waals surface area contributed by atoms with Crippen molar-refractivity contribution in [3.8, 4) is 23.0 Å². The number of nitrogens with zero attached hydrogens (tertiary/aromatic N) is 1. The molecule has 0 unspecified atom stereocenters. The highest BCUT2D eigenvalue weighted by molar-refractivity contribution is 5.83. The summed E-state index contributed by atoms with van der Waals surface area (Å²) in [5, 5.41) is 6.22. The molecule has 2 N–H and O–H groups in total. The molecule has 2 heterocycles. The van der Waals surface area contributed by atoms with Gasteiger partial charge in [-0.3, -0.25) is 4.79 Å². The fraction of sp³-hybridized carbons (Fsp3) is 0.462. The van der Waals surface area contributed by atoms with E-state index in [1.54, 1.807) is 33.3 Å². The van der Waals surface area contributed by atoms with Crippen LogP contribution in [-0.2, 0) is 23.2 Å². The third-order valence-corrected chi connectivity index (χ3v) is 6.90. The van der Waals surface area contributed by atoms with Gasteiger partial charge < -0.3 is 34.5 Å². The number of hydrogen-bond donors (Lipinski definition) is 2. The van der Waals surface area contributed by atoms with E-state index in [9.17, 15) is 9.59 Å². The highest BCUT2D eigenvalue weighted by Crippen LogP contribution is 2.42. The zero-order valence-corrected chi connectivity index (χ0v) is 20.7. The third kappa shape index (κ3) is 4.94. The molecule has 0 radical (unpaired) electrons. The lowest BCUT2D eigenvalue weighted by molar-refractivity contribution is -0.124. The average Bonchev–Trinajstić information content (AvgIpc) is 2.88. The molecule has 3 amide bonds. The number of fused-ring (bicyclic) bond motifs is 2. The lowest BCUT2D eigenvalue weighted by Gasteiger charge is -2.45. The lowest BCUT2D eigenvalue weighted by atomic mass is 9.75. The van der Waals surface area contributed by atoms with Gasteiger partial charge in [0.25, 0.3) is 0 Å². The normalized spacial score (nSPS) is 16.2. The van der Waals surface area contributed by atoms with E-state index in [0.29, 0.717) is 68.3 Å². The first-order chi connectivity index (χ1) is 16.9. The Morgan fingerprint density at radius 1 is 0.943 bits per heavy atom. The molecule has 1 fully saturated rings. The number of methoxy groups -OCH3 is 4. The molecule has 9 heteroatoms. The van der Waals surface area contributed by atoms with Crippen LogP contribution < -0.4 is 29.6 Å². The zero-order valence-electron chi connectivity index (χ0n) is 20.7. The maximum atomic E-state index is 12.8. The number of benzene rings is 2. The van der Waals surface area contributed by atoms with Crippen LogP contribution in [0.15, 0.2) is 30.3 Å². The van der Waals surface area contributed by atoms with Gasteiger partial charge in [-0.25, -0.2) is 4.79 Å². The Hall–Kier alpha value is -3.62. The molecule has 2 aliphatic heterocycles. The summed E-state index contributed by atoms with van der Waals surface area (Å²) in [7, 11) is 6.40. The molecule has 2 aliphatic rings. The summed E-state index contributed by atoms with van der Waals surface area (Å²) in [4.78, 5) is 27.2. The molecule has 0 atom stereocenters. The Bertz CT molecular complexity index is 1090. The predicted octanol–water partition coefficient (Wildman–Crippen LogP) is 2.64. The second kappa shape index (κ2) is 10.3. The van der Waals surface area contributed by atoms with Gasteiger partial charge in [-0.05, 0) is 60.2 Å². The highest BCUT2D eigenvalue weighted by Gasteiger charge is 2.43. The summed E-state index contributed by atoms with van der Waals surface area (Å²) in [5.74, 6) is 2.58. The van der Waals surface area contributed by atoms with Crippen LogP contribution in [0.1, 0.15) is 29.5 Å². The van der Waals surface area contributed by atoms with Crippen LogP contribution >= 0.6 is 0 Å². The van der Waals surface area contributed by atoms with Gasteiger partial charge in [-0.2, -0.15) is 0 Å². The van der Waals surface area contributed by atoms with Gasteiger partial charge >= 0.3 is 6.03 Å². The van der Waals surface area contributed by atoms with E-state index in [4.69, 9.17) is 18.9 Å². The highest BCUT2D eigenvalue weighted by atomic mass is 16.5. The van der Waals surface area contributed by atoms with Crippen molar-refractivity contribution in [3.05, 3.63) is 47.0 Å². The second-order valence-corrected chi connectivity index (χ2v) is 8.83. The van der Waals surface area contributed by atoms with Gasteiger partial charge in [0, 0.05) is 19.6 Å². The van der Waals surface area contributed by atoms with Crippen LogP contribution in [0, 0.1) is 0 Å². The standard InChI is InChI=1S/C26H33N3O6/c1-32-20-6-5-17(13-21(20)33-2)7-10-27-25(31)29-11-8-26(9-12-29)19-16-23(35-4)22(34-3)14-18(19)15-24(30)28-26/h5-6,13-14,16H,7-12,15H2,1-4H3,(H,27,31)(H,28,30). The van der Waals surface area contributed by atoms with E-state index in [2.05, 4.69) is 10.6 Å². The summed E-state index contributed by atoms with van der Waals surface area (Å²) < 4.78 is 21.6. The quantitative estimate of drug-likeness (QED) is 0.628. The summed E-state index contributed by atoms with van der Waals surface area (Å²) in [6, 6.07) is 9.50. The SMILES string of the molecule is COc1ccc(CCNC(=O)N2CCC3(CC2)NC(=O)Cc2cc(OC)c(OC)cc23)cc1OC. The minimum atomic E-state index is -0.513. The minimum Gasteiger partial charge on any atom is -0.493 e. The van der Waals surface area contributed by atoms with Crippen LogP contribution in [0.2, 0.25) is 0 Å². The van der Waals surface area contributed by atoms with Crippen LogP contribution in [0.5, 0.6) is 23.0 Å². The number of piperidine rings is 1. The van der Waals surface area contributed by atoms with Crippen molar-refractivity contribution < 1.29 is 28.5 Å². The molecule has 0 saturated carbocycles. The van der Waals surface area contributed by atoms with E-state index < -0.39 is 5.54 Å². The molecule has 1 spiro atoms. The number of likely N-dealkylation sites (tertiary alicyclic amines) is 1. The molecule has 2 aromatic rings. The Morgan fingerprint density at radius 3 is 2.23 bits per heavy atom. The summed E-state index contributed by atoms with van der Waals surface area (Å²) in [5.41, 5.74) is 2.52. The van der Waals surface area contributed by atoms with Gasteiger partial charge in [0.05, 0.1) is 40.4 Å². The predicted molar refractivity (Wildman–Crippen MR) is 131 cm³/mol. The van der Waals surface area contributed by atoms with Crippen molar-refractivity contribution in [2.75, 3.05) is 48.1 Å². The number of nitrogens with one attached hydrogen (secondary N) is 2. The third-order valence-electron chi connectivity index (χ3n) is 6.90. The smallest absolute Gasteiger partial charge is 0.317 e. The maximum absolute atomic E-state index is 12.8. The Balaban J connectivity index is 1.38. The van der Waals surface area contributed by atoms with Crippen molar-refractivity contribution >= 4 is 11.9 Å². The van der Waals surface area contributed by atoms with Crippen LogP contribution in [-0.4, -0.2) is 64.9 Å². The topological polar surface area (TPSA) is 98.4 Å². The fourth-order valence-electron chi connectivity index (χ4n) is 5.01. The van der Waals surface area contributed by atoms with E-state index in [0.717, 1.165) is 16.7 Å². The Labute approximate surface area is 205 Å². The van der Waals surface area contributed by atoms with Crippen LogP contribution in [0.3, 0.4) is 0 Å². The molecule has 4 rings (SSSR count). The monoisotopic (exact) mass is 483 g/mol. The molecule has 0 aromatic heterocycles. The molecule has 0 bridgehead atoms. The van der Waals surface area contributed by atoms with Crippen molar-refractivity contribution in [1.82, 2.24) is 15.5 Å². The molecule has 0 aliphatic carbocycles. The summed E-state index contributed by atoms with van der Waals surface area (Å²) in [6.07, 6.45) is 2.24. The van der Waals surface area contributed by atoms with E-state index in [1.165, 1.54) is 0 Å². The van der Waals surface area contributed by atoms with Crippen molar-refractivity contribution in [1.29, 1.82) is 0 Å². The lowest BCUT2D eigenvalue weighted by Crippen LogP contribution is -2.57. The van der Waals surface area contributed by atoms with Gasteiger partial charge in [0.1, 0.15) is 0 Å². The van der Waals surface area contributed by atoms with Gasteiger partial charge in [-0.1, -0.05) is 6.07 Å². The first-order valence-corrected chi connectivity index (χ1v) is 11.7. The van der Waals surface area contributed by atoms with Crippen LogP contribution in [0.4, 0.5) is 4.79 Å². The number of urea groups is 1. The Morgan fingerprint density at radius 2 is 1.57 bits per heavy atom. The van der Waals surface area contributed by atoms with E-state index in [-0.39, 0.29) is 11.9 Å².